The van der Waals surface area contributed by atoms with E-state index in [1.165, 1.54) is 18.3 Å². The molecule has 2 aromatic rings. The summed E-state index contributed by atoms with van der Waals surface area (Å²) in [6.07, 6.45) is 4.85. The van der Waals surface area contributed by atoms with Crippen LogP contribution in [0.15, 0.2) is 24.3 Å². The van der Waals surface area contributed by atoms with E-state index < -0.39 is 11.8 Å². The number of aromatic nitrogens is 1. The molecule has 4 atom stereocenters. The molecule has 1 aromatic carbocycles. The van der Waals surface area contributed by atoms with Crippen molar-refractivity contribution in [1.29, 1.82) is 0 Å². The molecule has 130 valence electrons. The quantitative estimate of drug-likeness (QED) is 0.518. The lowest BCUT2D eigenvalue weighted by Crippen LogP contribution is -2.41. The summed E-state index contributed by atoms with van der Waals surface area (Å²) < 4.78 is 0.931. The average Bonchev–Trinajstić information content (AvgIpc) is 3.29. The van der Waals surface area contributed by atoms with Crippen LogP contribution in [0.1, 0.15) is 24.5 Å². The molecule has 2 bridgehead atoms. The molecule has 1 saturated carbocycles. The Kier molecular flexibility index (Phi) is 3.77. The molecular weight excluding hydrogens is 336 g/mol. The summed E-state index contributed by atoms with van der Waals surface area (Å²) in [5.41, 5.74) is 2.98. The average molecular weight is 356 g/mol. The minimum absolute atomic E-state index is 0.0133. The van der Waals surface area contributed by atoms with E-state index in [-0.39, 0.29) is 28.7 Å². The van der Waals surface area contributed by atoms with Gasteiger partial charge in [0.1, 0.15) is 5.78 Å². The van der Waals surface area contributed by atoms with Crippen LogP contribution < -0.4 is 5.06 Å². The normalized spacial score (nSPS) is 27.2. The van der Waals surface area contributed by atoms with Gasteiger partial charge in [0.25, 0.3) is 5.91 Å². The highest BCUT2D eigenvalue weighted by atomic mass is 32.1. The van der Waals surface area contributed by atoms with Crippen LogP contribution in [-0.2, 0) is 9.59 Å². The van der Waals surface area contributed by atoms with Gasteiger partial charge >= 0.3 is 0 Å². The maximum Gasteiger partial charge on any atom is 0.257 e. The Bertz CT molecular complexity index is 917. The minimum atomic E-state index is -0.493. The van der Waals surface area contributed by atoms with Gasteiger partial charge in [0, 0.05) is 5.92 Å². The Labute approximate surface area is 149 Å². The number of fused-ring (bicyclic) bond motifs is 3. The van der Waals surface area contributed by atoms with Crippen molar-refractivity contribution in [2.75, 3.05) is 5.06 Å². The number of hydroxylamine groups is 1. The number of carbonyl (C=O) groups excluding carboxylic acids is 2. The summed E-state index contributed by atoms with van der Waals surface area (Å²) in [6.45, 7) is 5.52. The van der Waals surface area contributed by atoms with E-state index >= 15 is 0 Å². The van der Waals surface area contributed by atoms with Crippen molar-refractivity contribution in [3.8, 4) is 0 Å². The van der Waals surface area contributed by atoms with Crippen LogP contribution in [0.3, 0.4) is 0 Å². The van der Waals surface area contributed by atoms with Crippen LogP contribution >= 0.6 is 11.3 Å². The van der Waals surface area contributed by atoms with Crippen LogP contribution in [0, 0.1) is 37.5 Å². The van der Waals surface area contributed by atoms with Crippen LogP contribution in [0.4, 0.5) is 5.13 Å². The van der Waals surface area contributed by atoms with Crippen LogP contribution in [0.2, 0.25) is 0 Å². The number of thiazole rings is 1. The number of anilines is 1. The molecule has 2 aliphatic carbocycles. The second-order valence-electron chi connectivity index (χ2n) is 7.11. The number of Topliss-reactive ketones (excluding diaryl/α,β-unsaturated/α-hetero) is 1. The molecule has 0 spiro atoms. The van der Waals surface area contributed by atoms with Gasteiger partial charge in [0.05, 0.1) is 16.1 Å². The molecule has 1 aromatic heterocycles. The van der Waals surface area contributed by atoms with Gasteiger partial charge < -0.3 is 0 Å². The second-order valence-corrected chi connectivity index (χ2v) is 8.12. The van der Waals surface area contributed by atoms with Crippen molar-refractivity contribution in [1.82, 2.24) is 4.98 Å². The molecule has 0 radical (unpaired) electrons. The maximum absolute atomic E-state index is 12.9. The number of amides is 1. The van der Waals surface area contributed by atoms with Crippen molar-refractivity contribution < 1.29 is 14.8 Å². The van der Waals surface area contributed by atoms with E-state index in [0.29, 0.717) is 5.06 Å². The first-order chi connectivity index (χ1) is 11.9. The fourth-order valence-electron chi connectivity index (χ4n) is 4.25. The van der Waals surface area contributed by atoms with Crippen LogP contribution in [0.5, 0.6) is 0 Å². The van der Waals surface area contributed by atoms with Crippen LogP contribution in [0.25, 0.3) is 10.2 Å². The van der Waals surface area contributed by atoms with Gasteiger partial charge in [0.15, 0.2) is 0 Å². The molecule has 1 amide bonds. The summed E-state index contributed by atoms with van der Waals surface area (Å²) in [4.78, 5) is 29.4. The van der Waals surface area contributed by atoms with Gasteiger partial charge in [-0.2, -0.15) is 5.06 Å². The Hall–Kier alpha value is -2.05. The lowest BCUT2D eigenvalue weighted by atomic mass is 9.80. The zero-order valence-electron chi connectivity index (χ0n) is 14.4. The highest BCUT2D eigenvalue weighted by Gasteiger charge is 2.51. The number of ketones is 1. The molecule has 0 aliphatic heterocycles. The SMILES string of the molecule is CC(=O)[C@H]1C2C=CC(C2)[C@H]1C(=O)N(O)c1nc2c(C)c(C)ccc2s1. The Morgan fingerprint density at radius 2 is 1.88 bits per heavy atom. The molecule has 4 rings (SSSR count). The number of hydrogen-bond donors (Lipinski definition) is 1. The molecule has 0 saturated heterocycles. The van der Waals surface area contributed by atoms with Crippen molar-refractivity contribution in [3.05, 3.63) is 35.4 Å². The van der Waals surface area contributed by atoms with Crippen molar-refractivity contribution >= 4 is 38.4 Å². The first kappa shape index (κ1) is 16.4. The topological polar surface area (TPSA) is 70.5 Å². The third-order valence-electron chi connectivity index (χ3n) is 5.68. The zero-order chi connectivity index (χ0) is 17.9. The van der Waals surface area contributed by atoms with E-state index in [4.69, 9.17) is 0 Å². The van der Waals surface area contributed by atoms with Gasteiger partial charge in [-0.3, -0.25) is 14.8 Å². The summed E-state index contributed by atoms with van der Waals surface area (Å²) in [6, 6.07) is 3.96. The number of allylic oxidation sites excluding steroid dienone is 2. The number of carbonyl (C=O) groups is 2. The minimum Gasteiger partial charge on any atom is -0.300 e. The number of hydrogen-bond acceptors (Lipinski definition) is 5. The molecule has 2 aliphatic rings. The summed E-state index contributed by atoms with van der Waals surface area (Å²) in [5.74, 6) is -1.10. The number of rotatable bonds is 3. The molecule has 5 nitrogen and oxygen atoms in total. The van der Waals surface area contributed by atoms with Gasteiger partial charge in [-0.1, -0.05) is 29.6 Å². The summed E-state index contributed by atoms with van der Waals surface area (Å²) in [7, 11) is 0. The van der Waals surface area contributed by atoms with E-state index in [1.807, 2.05) is 38.1 Å². The van der Waals surface area contributed by atoms with E-state index in [2.05, 4.69) is 4.98 Å². The molecule has 1 heterocycles. The smallest absolute Gasteiger partial charge is 0.257 e. The molecular formula is C19H20N2O3S. The van der Waals surface area contributed by atoms with Crippen molar-refractivity contribution in [2.45, 2.75) is 27.2 Å². The fraction of sp³-hybridized carbons (Fsp3) is 0.421. The van der Waals surface area contributed by atoms with Crippen molar-refractivity contribution in [3.63, 3.8) is 0 Å². The van der Waals surface area contributed by atoms with E-state index in [1.54, 1.807) is 0 Å². The first-order valence-electron chi connectivity index (χ1n) is 8.47. The van der Waals surface area contributed by atoms with Crippen molar-refractivity contribution in [2.24, 2.45) is 23.7 Å². The standard InChI is InChI=1S/C19H20N2O3S/c1-9-4-7-14-17(10(9)2)20-19(25-14)21(24)18(23)16-13-6-5-12(8-13)15(16)11(3)22/h4-7,12-13,15-16,24H,8H2,1-3H3/t12?,13?,15-,16+/m0/s1. The van der Waals surface area contributed by atoms with E-state index in [0.717, 1.165) is 27.8 Å². The highest BCUT2D eigenvalue weighted by Crippen LogP contribution is 2.49. The van der Waals surface area contributed by atoms with Gasteiger partial charge in [-0.15, -0.1) is 0 Å². The lowest BCUT2D eigenvalue weighted by Gasteiger charge is -2.27. The monoisotopic (exact) mass is 356 g/mol. The summed E-state index contributed by atoms with van der Waals surface area (Å²) >= 11 is 1.29. The molecule has 2 unspecified atom stereocenters. The second kappa shape index (κ2) is 5.75. The molecule has 1 fully saturated rings. The predicted molar refractivity (Wildman–Crippen MR) is 96.8 cm³/mol. The first-order valence-corrected chi connectivity index (χ1v) is 9.28. The number of benzene rings is 1. The van der Waals surface area contributed by atoms with Gasteiger partial charge in [-0.05, 0) is 56.2 Å². The van der Waals surface area contributed by atoms with Crippen LogP contribution in [-0.4, -0.2) is 21.9 Å². The zero-order valence-corrected chi connectivity index (χ0v) is 15.2. The largest absolute Gasteiger partial charge is 0.300 e. The molecule has 1 N–H and O–H groups in total. The lowest BCUT2D eigenvalue weighted by molar-refractivity contribution is -0.134. The predicted octanol–water partition coefficient (Wildman–Crippen LogP) is 3.66. The fourth-order valence-corrected chi connectivity index (χ4v) is 5.20. The Morgan fingerprint density at radius 3 is 2.56 bits per heavy atom. The van der Waals surface area contributed by atoms with Gasteiger partial charge in [0.2, 0.25) is 5.13 Å². The molecule has 6 heteroatoms. The number of aryl methyl sites for hydroxylation is 2. The Morgan fingerprint density at radius 1 is 1.20 bits per heavy atom. The van der Waals surface area contributed by atoms with E-state index in [9.17, 15) is 14.8 Å². The third-order valence-corrected chi connectivity index (χ3v) is 6.67. The molecule has 25 heavy (non-hydrogen) atoms. The summed E-state index contributed by atoms with van der Waals surface area (Å²) in [5, 5.41) is 11.5. The third kappa shape index (κ3) is 2.43. The maximum atomic E-state index is 12.9. The Balaban J connectivity index is 1.68. The van der Waals surface area contributed by atoms with Gasteiger partial charge in [-0.25, -0.2) is 4.98 Å². The highest BCUT2D eigenvalue weighted by molar-refractivity contribution is 7.22. The number of nitrogens with zero attached hydrogens (tertiary/aromatic N) is 2.